The van der Waals surface area contributed by atoms with Crippen LogP contribution in [0.15, 0.2) is 35.2 Å². The van der Waals surface area contributed by atoms with Crippen molar-refractivity contribution in [2.24, 2.45) is 0 Å². The first-order valence-electron chi connectivity index (χ1n) is 7.90. The van der Waals surface area contributed by atoms with Crippen LogP contribution < -0.4 is 15.5 Å². The lowest BCUT2D eigenvalue weighted by Crippen LogP contribution is -2.36. The second-order valence-electron chi connectivity index (χ2n) is 5.39. The van der Waals surface area contributed by atoms with Crippen molar-refractivity contribution in [3.8, 4) is 0 Å². The smallest absolute Gasteiger partial charge is 0.275 e. The summed E-state index contributed by atoms with van der Waals surface area (Å²) < 4.78 is 26.9. The van der Waals surface area contributed by atoms with Crippen molar-refractivity contribution in [2.75, 3.05) is 11.9 Å². The van der Waals surface area contributed by atoms with Crippen LogP contribution in [0.1, 0.15) is 28.7 Å². The number of carbonyl (C=O) groups excluding carboxylic acids is 2. The molecule has 144 valence electrons. The molecule has 0 bridgehead atoms. The molecule has 0 saturated heterocycles. The Balaban J connectivity index is 2.21. The number of sulfonamides is 1. The molecule has 0 radical (unpaired) electrons. The van der Waals surface area contributed by atoms with E-state index in [4.69, 9.17) is 4.84 Å². The van der Waals surface area contributed by atoms with Crippen molar-refractivity contribution >= 4 is 27.9 Å². The average molecular weight is 393 g/mol. The van der Waals surface area contributed by atoms with Crippen LogP contribution in [0.3, 0.4) is 0 Å². The lowest BCUT2D eigenvalue weighted by Gasteiger charge is -2.12. The van der Waals surface area contributed by atoms with Gasteiger partial charge in [0.25, 0.3) is 15.9 Å². The second-order valence-corrected chi connectivity index (χ2v) is 7.05. The minimum Gasteiger partial charge on any atom is -0.275 e. The third-order valence-electron chi connectivity index (χ3n) is 3.17. The number of anilines is 1. The summed E-state index contributed by atoms with van der Waals surface area (Å²) in [4.78, 5) is 36.6. The molecule has 11 heteroatoms. The van der Waals surface area contributed by atoms with Crippen molar-refractivity contribution in [3.63, 3.8) is 0 Å². The number of nitrogens with zero attached hydrogens (tertiary/aromatic N) is 2. The summed E-state index contributed by atoms with van der Waals surface area (Å²) in [6, 6.07) is 6.06. The first-order valence-corrected chi connectivity index (χ1v) is 9.38. The van der Waals surface area contributed by atoms with E-state index in [1.165, 1.54) is 24.3 Å². The van der Waals surface area contributed by atoms with Crippen molar-refractivity contribution in [1.29, 1.82) is 0 Å². The van der Waals surface area contributed by atoms with E-state index < -0.39 is 22.0 Å². The van der Waals surface area contributed by atoms with E-state index in [0.717, 1.165) is 0 Å². The van der Waals surface area contributed by atoms with Gasteiger partial charge in [-0.25, -0.2) is 33.4 Å². The molecule has 1 aromatic carbocycles. The fourth-order valence-electron chi connectivity index (χ4n) is 2.17. The standard InChI is InChI=1S/C16H19N5O5S/c1-4-26-20-14(22)12-7-5-6-8-13(12)27(24,25)21-16(23)19-15-17-10(2)9-11(3)18-15/h5-9H,4H2,1-3H3,(H,20,22)(H2,17,18,19,21,23). The zero-order chi connectivity index (χ0) is 20.0. The quantitative estimate of drug-likeness (QED) is 0.628. The lowest BCUT2D eigenvalue weighted by atomic mass is 10.2. The zero-order valence-corrected chi connectivity index (χ0v) is 15.8. The topological polar surface area (TPSA) is 139 Å². The predicted octanol–water partition coefficient (Wildman–Crippen LogP) is 1.29. The highest BCUT2D eigenvalue weighted by Crippen LogP contribution is 2.15. The van der Waals surface area contributed by atoms with Crippen LogP contribution in [-0.2, 0) is 14.9 Å². The number of benzene rings is 1. The van der Waals surface area contributed by atoms with E-state index in [0.29, 0.717) is 11.4 Å². The van der Waals surface area contributed by atoms with Gasteiger partial charge in [-0.05, 0) is 39.0 Å². The van der Waals surface area contributed by atoms with Gasteiger partial charge in [-0.15, -0.1) is 0 Å². The first kappa shape index (κ1) is 20.3. The molecule has 2 aromatic rings. The van der Waals surface area contributed by atoms with Gasteiger partial charge in [-0.3, -0.25) is 14.9 Å². The summed E-state index contributed by atoms with van der Waals surface area (Å²) >= 11 is 0. The maximum absolute atomic E-state index is 12.5. The fraction of sp³-hybridized carbons (Fsp3) is 0.250. The van der Waals surface area contributed by atoms with E-state index >= 15 is 0 Å². The van der Waals surface area contributed by atoms with Crippen molar-refractivity contribution in [1.82, 2.24) is 20.2 Å². The number of hydrogen-bond donors (Lipinski definition) is 3. The van der Waals surface area contributed by atoms with E-state index in [9.17, 15) is 18.0 Å². The predicted molar refractivity (Wildman–Crippen MR) is 96.4 cm³/mol. The Bertz CT molecular complexity index is 941. The molecule has 0 fully saturated rings. The highest BCUT2D eigenvalue weighted by molar-refractivity contribution is 7.90. The SMILES string of the molecule is CCONC(=O)c1ccccc1S(=O)(=O)NC(=O)Nc1nc(C)cc(C)n1. The molecule has 0 aliphatic heterocycles. The molecule has 0 spiro atoms. The third kappa shape index (κ3) is 5.46. The molecule has 0 aliphatic carbocycles. The Labute approximate surface area is 156 Å². The molecule has 10 nitrogen and oxygen atoms in total. The summed E-state index contributed by atoms with van der Waals surface area (Å²) in [5, 5.41) is 2.26. The van der Waals surface area contributed by atoms with Gasteiger partial charge in [0.15, 0.2) is 0 Å². The molecule has 0 atom stereocenters. The van der Waals surface area contributed by atoms with E-state index in [-0.39, 0.29) is 23.0 Å². The van der Waals surface area contributed by atoms with Gasteiger partial charge < -0.3 is 0 Å². The molecule has 3 N–H and O–H groups in total. The second kappa shape index (κ2) is 8.56. The summed E-state index contributed by atoms with van der Waals surface area (Å²) in [6.07, 6.45) is 0. The van der Waals surface area contributed by atoms with Crippen molar-refractivity contribution in [2.45, 2.75) is 25.7 Å². The van der Waals surface area contributed by atoms with E-state index in [1.807, 2.05) is 4.72 Å². The number of carbonyl (C=O) groups is 2. The summed E-state index contributed by atoms with van der Waals surface area (Å²) in [5.74, 6) is -0.793. The molecule has 0 unspecified atom stereocenters. The molecule has 27 heavy (non-hydrogen) atoms. The Hall–Kier alpha value is -3.05. The average Bonchev–Trinajstić information content (AvgIpc) is 2.58. The minimum atomic E-state index is -4.33. The number of aromatic nitrogens is 2. The van der Waals surface area contributed by atoms with Gasteiger partial charge in [0.1, 0.15) is 4.90 Å². The Kier molecular flexibility index (Phi) is 6.42. The van der Waals surface area contributed by atoms with Crippen LogP contribution in [-0.4, -0.2) is 36.9 Å². The molecule has 3 amide bonds. The van der Waals surface area contributed by atoms with Crippen LogP contribution in [0.4, 0.5) is 10.7 Å². The van der Waals surface area contributed by atoms with Gasteiger partial charge in [-0.2, -0.15) is 0 Å². The number of urea groups is 1. The summed E-state index contributed by atoms with van der Waals surface area (Å²) in [7, 11) is -4.33. The zero-order valence-electron chi connectivity index (χ0n) is 14.9. The van der Waals surface area contributed by atoms with Gasteiger partial charge in [0, 0.05) is 11.4 Å². The van der Waals surface area contributed by atoms with Crippen LogP contribution >= 0.6 is 0 Å². The number of nitrogens with one attached hydrogen (secondary N) is 3. The van der Waals surface area contributed by atoms with E-state index in [2.05, 4.69) is 20.8 Å². The highest BCUT2D eigenvalue weighted by atomic mass is 32.2. The molecule has 0 aliphatic rings. The van der Waals surface area contributed by atoms with Crippen molar-refractivity contribution < 1.29 is 22.8 Å². The molecule has 0 saturated carbocycles. The molecular formula is C16H19N5O5S. The van der Waals surface area contributed by atoms with Crippen LogP contribution in [0.2, 0.25) is 0 Å². The van der Waals surface area contributed by atoms with Crippen LogP contribution in [0, 0.1) is 13.8 Å². The number of hydroxylamine groups is 1. The van der Waals surface area contributed by atoms with Crippen LogP contribution in [0.5, 0.6) is 0 Å². The van der Waals surface area contributed by atoms with Gasteiger partial charge in [0.2, 0.25) is 5.95 Å². The van der Waals surface area contributed by atoms with Gasteiger partial charge in [-0.1, -0.05) is 12.1 Å². The normalized spacial score (nSPS) is 10.9. The Morgan fingerprint density at radius 3 is 2.37 bits per heavy atom. The van der Waals surface area contributed by atoms with E-state index in [1.54, 1.807) is 26.8 Å². The molecular weight excluding hydrogens is 374 g/mol. The third-order valence-corrected chi connectivity index (χ3v) is 4.55. The lowest BCUT2D eigenvalue weighted by molar-refractivity contribution is 0.0361. The largest absolute Gasteiger partial charge is 0.335 e. The molecule has 1 heterocycles. The van der Waals surface area contributed by atoms with Crippen molar-refractivity contribution in [3.05, 3.63) is 47.3 Å². The first-order chi connectivity index (χ1) is 12.7. The number of rotatable bonds is 6. The minimum absolute atomic E-state index is 0.0393. The maximum Gasteiger partial charge on any atom is 0.335 e. The Morgan fingerprint density at radius 1 is 1.11 bits per heavy atom. The highest BCUT2D eigenvalue weighted by Gasteiger charge is 2.24. The number of amides is 3. The molecule has 1 aromatic heterocycles. The molecule has 2 rings (SSSR count). The van der Waals surface area contributed by atoms with Crippen LogP contribution in [0.25, 0.3) is 0 Å². The van der Waals surface area contributed by atoms with Gasteiger partial charge in [0.05, 0.1) is 12.2 Å². The fourth-order valence-corrected chi connectivity index (χ4v) is 3.28. The summed E-state index contributed by atoms with van der Waals surface area (Å²) in [5.41, 5.74) is 3.16. The monoisotopic (exact) mass is 393 g/mol. The number of aryl methyl sites for hydroxylation is 2. The summed E-state index contributed by atoms with van der Waals surface area (Å²) in [6.45, 7) is 5.28. The Morgan fingerprint density at radius 2 is 1.74 bits per heavy atom. The van der Waals surface area contributed by atoms with Gasteiger partial charge >= 0.3 is 6.03 Å². The number of hydrogen-bond acceptors (Lipinski definition) is 7. The maximum atomic E-state index is 12.5.